The smallest absolute Gasteiger partial charge is 0.325 e. The fraction of sp³-hybridized carbons (Fsp3) is 0.615. The maximum atomic E-state index is 12.1. The SMILES string of the molecule is C=C(C)CN1C(SCC(C)O)=NC2C1C(=O)NC(=O)N2C. The van der Waals surface area contributed by atoms with Gasteiger partial charge in [-0.2, -0.15) is 0 Å². The fourth-order valence-electron chi connectivity index (χ4n) is 2.27. The lowest BCUT2D eigenvalue weighted by Gasteiger charge is -2.36. The van der Waals surface area contributed by atoms with Gasteiger partial charge in [0.1, 0.15) is 0 Å². The minimum Gasteiger partial charge on any atom is -0.393 e. The molecule has 8 heteroatoms. The van der Waals surface area contributed by atoms with Crippen molar-refractivity contribution in [3.05, 3.63) is 12.2 Å². The minimum atomic E-state index is -0.541. The van der Waals surface area contributed by atoms with Gasteiger partial charge in [-0.25, -0.2) is 9.79 Å². The van der Waals surface area contributed by atoms with Crippen LogP contribution in [0.1, 0.15) is 13.8 Å². The molecule has 0 spiro atoms. The number of aliphatic hydroxyl groups is 1. The first-order valence-corrected chi connectivity index (χ1v) is 7.67. The van der Waals surface area contributed by atoms with E-state index in [4.69, 9.17) is 0 Å². The summed E-state index contributed by atoms with van der Waals surface area (Å²) in [6, 6.07) is -0.983. The quantitative estimate of drug-likeness (QED) is 0.726. The highest BCUT2D eigenvalue weighted by atomic mass is 32.2. The summed E-state index contributed by atoms with van der Waals surface area (Å²) in [5.41, 5.74) is 0.897. The maximum Gasteiger partial charge on any atom is 0.325 e. The molecule has 3 atom stereocenters. The summed E-state index contributed by atoms with van der Waals surface area (Å²) < 4.78 is 0. The van der Waals surface area contributed by atoms with E-state index in [1.807, 2.05) is 11.8 Å². The molecule has 0 saturated carbocycles. The number of amidine groups is 1. The topological polar surface area (TPSA) is 85.2 Å². The van der Waals surface area contributed by atoms with E-state index >= 15 is 0 Å². The first-order valence-electron chi connectivity index (χ1n) is 6.68. The van der Waals surface area contributed by atoms with E-state index in [1.54, 1.807) is 14.0 Å². The molecule has 0 aromatic heterocycles. The van der Waals surface area contributed by atoms with Crippen molar-refractivity contribution in [2.75, 3.05) is 19.3 Å². The van der Waals surface area contributed by atoms with Crippen LogP contribution in [0.2, 0.25) is 0 Å². The fourth-order valence-corrected chi connectivity index (χ4v) is 3.19. The first-order chi connectivity index (χ1) is 9.81. The molecule has 1 fully saturated rings. The Morgan fingerprint density at radius 1 is 1.57 bits per heavy atom. The Morgan fingerprint density at radius 3 is 2.81 bits per heavy atom. The predicted molar refractivity (Wildman–Crippen MR) is 82.0 cm³/mol. The predicted octanol–water partition coefficient (Wildman–Crippen LogP) is 0.224. The van der Waals surface area contributed by atoms with Crippen molar-refractivity contribution in [1.82, 2.24) is 15.1 Å². The second kappa shape index (κ2) is 6.07. The second-order valence-corrected chi connectivity index (χ2v) is 6.41. The van der Waals surface area contributed by atoms with Crippen LogP contribution in [0.4, 0.5) is 4.79 Å². The van der Waals surface area contributed by atoms with E-state index in [1.165, 1.54) is 16.7 Å². The molecule has 2 N–H and O–H groups in total. The van der Waals surface area contributed by atoms with Crippen LogP contribution in [0.25, 0.3) is 0 Å². The van der Waals surface area contributed by atoms with Gasteiger partial charge in [0.15, 0.2) is 17.4 Å². The lowest BCUT2D eigenvalue weighted by atomic mass is 10.1. The molecule has 2 rings (SSSR count). The Bertz CT molecular complexity index is 506. The van der Waals surface area contributed by atoms with E-state index in [9.17, 15) is 14.7 Å². The van der Waals surface area contributed by atoms with Crippen molar-refractivity contribution >= 4 is 28.9 Å². The number of aliphatic hydroxyl groups excluding tert-OH is 1. The number of rotatable bonds is 4. The lowest BCUT2D eigenvalue weighted by Crippen LogP contribution is -2.63. The molecule has 3 amide bonds. The number of likely N-dealkylation sites (N-methyl/N-ethyl adjacent to an activating group) is 1. The minimum absolute atomic E-state index is 0.347. The van der Waals surface area contributed by atoms with Gasteiger partial charge in [0.25, 0.3) is 5.91 Å². The molecule has 7 nitrogen and oxygen atoms in total. The van der Waals surface area contributed by atoms with Crippen molar-refractivity contribution in [3.8, 4) is 0 Å². The van der Waals surface area contributed by atoms with E-state index in [0.29, 0.717) is 17.5 Å². The molecule has 0 aliphatic carbocycles. The highest BCUT2D eigenvalue weighted by Gasteiger charge is 2.48. The number of fused-ring (bicyclic) bond motifs is 1. The van der Waals surface area contributed by atoms with E-state index in [-0.39, 0.29) is 5.91 Å². The summed E-state index contributed by atoms with van der Waals surface area (Å²) in [6.45, 7) is 7.94. The van der Waals surface area contributed by atoms with Gasteiger partial charge >= 0.3 is 6.03 Å². The summed E-state index contributed by atoms with van der Waals surface area (Å²) in [5.74, 6) is 0.130. The number of thioether (sulfide) groups is 1. The van der Waals surface area contributed by atoms with E-state index in [0.717, 1.165) is 5.57 Å². The molecule has 0 bridgehead atoms. The standard InChI is InChI=1S/C13H20N4O3S/c1-7(2)5-17-9-10(14-13(17)21-6-8(3)18)16(4)12(20)15-11(9)19/h8-10,18H,1,5-6H2,2-4H3,(H,15,19,20). The third-order valence-electron chi connectivity index (χ3n) is 3.22. The summed E-state index contributed by atoms with van der Waals surface area (Å²) >= 11 is 1.38. The van der Waals surface area contributed by atoms with Crippen LogP contribution in [-0.2, 0) is 4.79 Å². The van der Waals surface area contributed by atoms with Crippen LogP contribution >= 0.6 is 11.8 Å². The van der Waals surface area contributed by atoms with Crippen molar-refractivity contribution in [2.45, 2.75) is 32.2 Å². The zero-order chi connectivity index (χ0) is 15.7. The van der Waals surface area contributed by atoms with Crippen LogP contribution in [0.3, 0.4) is 0 Å². The van der Waals surface area contributed by atoms with Crippen LogP contribution < -0.4 is 5.32 Å². The molecule has 2 heterocycles. The summed E-state index contributed by atoms with van der Waals surface area (Å²) in [6.07, 6.45) is -0.998. The number of carbonyl (C=O) groups is 2. The number of imide groups is 1. The molecule has 2 aliphatic rings. The maximum absolute atomic E-state index is 12.1. The van der Waals surface area contributed by atoms with Gasteiger partial charge in [-0.05, 0) is 13.8 Å². The normalized spacial score (nSPS) is 26.4. The summed E-state index contributed by atoms with van der Waals surface area (Å²) in [4.78, 5) is 31.6. The number of nitrogens with zero attached hydrogens (tertiary/aromatic N) is 3. The van der Waals surface area contributed by atoms with E-state index in [2.05, 4.69) is 16.9 Å². The lowest BCUT2D eigenvalue weighted by molar-refractivity contribution is -0.126. The third kappa shape index (κ3) is 3.21. The van der Waals surface area contributed by atoms with Gasteiger partial charge in [0.2, 0.25) is 0 Å². The van der Waals surface area contributed by atoms with Gasteiger partial charge in [-0.3, -0.25) is 10.1 Å². The number of nitrogens with one attached hydrogen (secondary N) is 1. The van der Waals surface area contributed by atoms with Gasteiger partial charge in [-0.15, -0.1) is 0 Å². The van der Waals surface area contributed by atoms with Crippen molar-refractivity contribution < 1.29 is 14.7 Å². The number of amides is 3. The number of hydrogen-bond acceptors (Lipinski definition) is 6. The molecule has 21 heavy (non-hydrogen) atoms. The molecule has 0 aromatic carbocycles. The average molecular weight is 312 g/mol. The van der Waals surface area contributed by atoms with Crippen molar-refractivity contribution in [2.24, 2.45) is 4.99 Å². The molecule has 1 saturated heterocycles. The highest BCUT2D eigenvalue weighted by molar-refractivity contribution is 8.13. The number of urea groups is 1. The van der Waals surface area contributed by atoms with Gasteiger partial charge in [-0.1, -0.05) is 23.9 Å². The molecule has 116 valence electrons. The molecular formula is C13H20N4O3S. The van der Waals surface area contributed by atoms with Crippen LogP contribution in [0, 0.1) is 0 Å². The Hall–Kier alpha value is -1.54. The Morgan fingerprint density at radius 2 is 2.24 bits per heavy atom. The van der Waals surface area contributed by atoms with Gasteiger partial charge in [0, 0.05) is 19.3 Å². The molecule has 0 aromatic rings. The van der Waals surface area contributed by atoms with E-state index < -0.39 is 24.3 Å². The Balaban J connectivity index is 2.26. The van der Waals surface area contributed by atoms with Crippen LogP contribution in [0.15, 0.2) is 17.1 Å². The largest absolute Gasteiger partial charge is 0.393 e. The number of aliphatic imine (C=N–C) groups is 1. The highest BCUT2D eigenvalue weighted by Crippen LogP contribution is 2.29. The Labute approximate surface area is 128 Å². The molecule has 2 aliphatic heterocycles. The van der Waals surface area contributed by atoms with Crippen molar-refractivity contribution in [3.63, 3.8) is 0 Å². The zero-order valence-electron chi connectivity index (χ0n) is 12.4. The van der Waals surface area contributed by atoms with Gasteiger partial charge in [0.05, 0.1) is 6.10 Å². The summed E-state index contributed by atoms with van der Waals surface area (Å²) in [7, 11) is 1.62. The van der Waals surface area contributed by atoms with Crippen LogP contribution in [-0.4, -0.2) is 69.7 Å². The Kier molecular flexibility index (Phi) is 4.58. The van der Waals surface area contributed by atoms with Gasteiger partial charge < -0.3 is 14.9 Å². The monoisotopic (exact) mass is 312 g/mol. The summed E-state index contributed by atoms with van der Waals surface area (Å²) in [5, 5.41) is 12.4. The second-order valence-electron chi connectivity index (χ2n) is 5.42. The third-order valence-corrected chi connectivity index (χ3v) is 4.46. The van der Waals surface area contributed by atoms with Crippen LogP contribution in [0.5, 0.6) is 0 Å². The number of carbonyl (C=O) groups excluding carboxylic acids is 2. The molecular weight excluding hydrogens is 292 g/mol. The molecule has 3 unspecified atom stereocenters. The number of hydrogen-bond donors (Lipinski definition) is 2. The molecule has 0 radical (unpaired) electrons. The van der Waals surface area contributed by atoms with Crippen molar-refractivity contribution in [1.29, 1.82) is 0 Å². The average Bonchev–Trinajstić information content (AvgIpc) is 2.72. The zero-order valence-corrected chi connectivity index (χ0v) is 13.2. The first kappa shape index (κ1) is 15.8.